The van der Waals surface area contributed by atoms with Crippen molar-refractivity contribution in [1.82, 2.24) is 0 Å². The maximum atomic E-state index is 13.8. The molecule has 0 aliphatic heterocycles. The van der Waals surface area contributed by atoms with Crippen LogP contribution in [0.25, 0.3) is 11.1 Å². The molecular formula is C38H28F12N2. The van der Waals surface area contributed by atoms with Gasteiger partial charge in [-0.15, -0.1) is 0 Å². The predicted octanol–water partition coefficient (Wildman–Crippen LogP) is 13.9. The second-order valence-electron chi connectivity index (χ2n) is 11.3. The Morgan fingerprint density at radius 2 is 0.885 bits per heavy atom. The Hall–Kier alpha value is -5.40. The first kappa shape index (κ1) is 39.4. The SMILES string of the molecule is C=C/C=C(\C)N(C(=C)/C=C\C)c1ccc(-c2ccc(N(c3cc(C(F)(F)F)cc(C(F)(F)F)c3)c3cc(C(F)(F)F)cc(C(F)(F)F)c3)cc2)cc1. The minimum atomic E-state index is -5.36. The van der Waals surface area contributed by atoms with Crippen LogP contribution in [0.4, 0.5) is 75.4 Å². The number of nitrogens with zero attached hydrogens (tertiary/aromatic N) is 2. The van der Waals surface area contributed by atoms with Gasteiger partial charge in [0, 0.05) is 34.1 Å². The lowest BCUT2D eigenvalue weighted by atomic mass is 10.0. The number of rotatable bonds is 9. The molecule has 4 aromatic rings. The van der Waals surface area contributed by atoms with Gasteiger partial charge in [0.25, 0.3) is 0 Å². The summed E-state index contributed by atoms with van der Waals surface area (Å²) in [6.45, 7) is 11.4. The summed E-state index contributed by atoms with van der Waals surface area (Å²) in [6, 6.07) is 12.4. The molecular weight excluding hydrogens is 712 g/mol. The molecule has 0 N–H and O–H groups in total. The smallest absolute Gasteiger partial charge is 0.315 e. The van der Waals surface area contributed by atoms with Crippen LogP contribution >= 0.6 is 0 Å². The number of hydrogen-bond acceptors (Lipinski definition) is 2. The molecule has 0 aliphatic carbocycles. The summed E-state index contributed by atoms with van der Waals surface area (Å²) in [4.78, 5) is 2.31. The maximum absolute atomic E-state index is 13.8. The normalized spacial score (nSPS) is 13.0. The van der Waals surface area contributed by atoms with Gasteiger partial charge in [-0.2, -0.15) is 52.7 Å². The number of halogens is 12. The van der Waals surface area contributed by atoms with Gasteiger partial charge in [-0.05, 0) is 97.8 Å². The quantitative estimate of drug-likeness (QED) is 0.125. The van der Waals surface area contributed by atoms with Crippen molar-refractivity contribution >= 4 is 22.7 Å². The van der Waals surface area contributed by atoms with E-state index in [2.05, 4.69) is 13.2 Å². The van der Waals surface area contributed by atoms with E-state index < -0.39 is 58.3 Å². The van der Waals surface area contributed by atoms with E-state index in [0.29, 0.717) is 27.4 Å². The molecule has 52 heavy (non-hydrogen) atoms. The molecule has 0 amide bonds. The van der Waals surface area contributed by atoms with Crippen molar-refractivity contribution in [3.63, 3.8) is 0 Å². The standard InChI is InChI=1S/C38H28F12N2/c1-5-7-23(3)51(24(4)8-6-2)31-13-9-25(10-14-31)26-11-15-32(16-12-26)52(33-19-27(35(39,40)41)17-28(20-33)36(42,43)44)34-21-29(37(45,46)47)18-30(22-34)38(48,49)50/h5-22H,1,4H2,2-3H3/b8-6-,23-7+. The van der Waals surface area contributed by atoms with Crippen LogP contribution in [0.2, 0.25) is 0 Å². The Balaban J connectivity index is 1.92. The highest BCUT2D eigenvalue weighted by molar-refractivity contribution is 5.80. The summed E-state index contributed by atoms with van der Waals surface area (Å²) in [5, 5.41) is 0. The molecule has 0 radical (unpaired) electrons. The van der Waals surface area contributed by atoms with Gasteiger partial charge in [0.2, 0.25) is 0 Å². The second-order valence-corrected chi connectivity index (χ2v) is 11.3. The van der Waals surface area contributed by atoms with E-state index >= 15 is 0 Å². The monoisotopic (exact) mass is 740 g/mol. The lowest BCUT2D eigenvalue weighted by Crippen LogP contribution is -2.18. The molecule has 0 spiro atoms. The summed E-state index contributed by atoms with van der Waals surface area (Å²) >= 11 is 0. The summed E-state index contributed by atoms with van der Waals surface area (Å²) in [6.07, 6.45) is -14.5. The van der Waals surface area contributed by atoms with Crippen LogP contribution in [-0.2, 0) is 24.7 Å². The first-order chi connectivity index (χ1) is 24.0. The van der Waals surface area contributed by atoms with E-state index in [1.807, 2.05) is 18.7 Å². The highest BCUT2D eigenvalue weighted by atomic mass is 19.4. The van der Waals surface area contributed by atoms with Crippen molar-refractivity contribution in [1.29, 1.82) is 0 Å². The number of benzene rings is 4. The van der Waals surface area contributed by atoms with Crippen molar-refractivity contribution < 1.29 is 52.7 Å². The van der Waals surface area contributed by atoms with E-state index in [-0.39, 0.29) is 42.1 Å². The third kappa shape index (κ3) is 9.09. The van der Waals surface area contributed by atoms with Gasteiger partial charge in [0.05, 0.1) is 22.3 Å². The third-order valence-corrected chi connectivity index (χ3v) is 7.60. The Labute approximate surface area is 290 Å². The zero-order valence-corrected chi connectivity index (χ0v) is 27.2. The molecule has 0 unspecified atom stereocenters. The predicted molar refractivity (Wildman–Crippen MR) is 177 cm³/mol. The van der Waals surface area contributed by atoms with Crippen molar-refractivity contribution in [3.05, 3.63) is 156 Å². The molecule has 0 bridgehead atoms. The van der Waals surface area contributed by atoms with Crippen LogP contribution in [0, 0.1) is 0 Å². The second kappa shape index (κ2) is 14.7. The number of hydrogen-bond donors (Lipinski definition) is 0. The van der Waals surface area contributed by atoms with Gasteiger partial charge in [-0.25, -0.2) is 0 Å². The molecule has 4 aromatic carbocycles. The van der Waals surface area contributed by atoms with Gasteiger partial charge in [0.1, 0.15) is 0 Å². The average Bonchev–Trinajstić information content (AvgIpc) is 3.04. The molecule has 0 saturated carbocycles. The zero-order chi connectivity index (χ0) is 38.8. The van der Waals surface area contributed by atoms with Gasteiger partial charge in [0.15, 0.2) is 0 Å². The minimum absolute atomic E-state index is 0.203. The third-order valence-electron chi connectivity index (χ3n) is 7.60. The van der Waals surface area contributed by atoms with Crippen LogP contribution in [0.3, 0.4) is 0 Å². The lowest BCUT2D eigenvalue weighted by molar-refractivity contribution is -0.144. The summed E-state index contributed by atoms with van der Waals surface area (Å²) in [5.41, 5.74) is -6.50. The van der Waals surface area contributed by atoms with Crippen molar-refractivity contribution in [3.8, 4) is 11.1 Å². The molecule has 274 valence electrons. The fraction of sp³-hybridized carbons (Fsp3) is 0.158. The number of anilines is 4. The zero-order valence-electron chi connectivity index (χ0n) is 27.2. The fourth-order valence-electron chi connectivity index (χ4n) is 5.30. The Morgan fingerprint density at radius 3 is 1.19 bits per heavy atom. The van der Waals surface area contributed by atoms with Gasteiger partial charge in [-0.1, -0.05) is 49.6 Å². The van der Waals surface area contributed by atoms with Crippen LogP contribution in [0.15, 0.2) is 134 Å². The number of allylic oxidation sites excluding steroid dienone is 5. The van der Waals surface area contributed by atoms with Gasteiger partial charge >= 0.3 is 24.7 Å². The molecule has 0 heterocycles. The Bertz CT molecular complexity index is 1840. The van der Waals surface area contributed by atoms with Crippen molar-refractivity contribution in [2.24, 2.45) is 0 Å². The summed E-state index contributed by atoms with van der Waals surface area (Å²) < 4.78 is 166. The van der Waals surface area contributed by atoms with Crippen molar-refractivity contribution in [2.45, 2.75) is 38.6 Å². The highest BCUT2D eigenvalue weighted by Gasteiger charge is 2.40. The summed E-state index contributed by atoms with van der Waals surface area (Å²) in [7, 11) is 0. The first-order valence-corrected chi connectivity index (χ1v) is 15.0. The molecule has 0 fully saturated rings. The van der Waals surface area contributed by atoms with Crippen molar-refractivity contribution in [2.75, 3.05) is 9.80 Å². The number of alkyl halides is 12. The molecule has 4 rings (SSSR count). The van der Waals surface area contributed by atoms with Gasteiger partial charge in [-0.3, -0.25) is 0 Å². The topological polar surface area (TPSA) is 6.48 Å². The molecule has 0 aromatic heterocycles. The largest absolute Gasteiger partial charge is 0.416 e. The van der Waals surface area contributed by atoms with E-state index in [1.165, 1.54) is 12.1 Å². The van der Waals surface area contributed by atoms with E-state index in [4.69, 9.17) is 0 Å². The van der Waals surface area contributed by atoms with Crippen LogP contribution in [0.1, 0.15) is 36.1 Å². The minimum Gasteiger partial charge on any atom is -0.315 e. The fourth-order valence-corrected chi connectivity index (χ4v) is 5.30. The lowest BCUT2D eigenvalue weighted by Gasteiger charge is -2.29. The van der Waals surface area contributed by atoms with E-state index in [0.717, 1.165) is 17.8 Å². The molecule has 2 nitrogen and oxygen atoms in total. The highest BCUT2D eigenvalue weighted by Crippen LogP contribution is 2.46. The molecule has 0 atom stereocenters. The Morgan fingerprint density at radius 1 is 0.538 bits per heavy atom. The van der Waals surface area contributed by atoms with Crippen LogP contribution in [0.5, 0.6) is 0 Å². The van der Waals surface area contributed by atoms with E-state index in [9.17, 15) is 52.7 Å². The average molecular weight is 741 g/mol. The molecule has 14 heteroatoms. The molecule has 0 saturated heterocycles. The molecule has 0 aliphatic rings. The Kier molecular flexibility index (Phi) is 11.1. The first-order valence-electron chi connectivity index (χ1n) is 15.0. The van der Waals surface area contributed by atoms with E-state index in [1.54, 1.807) is 48.6 Å². The summed E-state index contributed by atoms with van der Waals surface area (Å²) in [5.74, 6) is 0. The van der Waals surface area contributed by atoms with Crippen LogP contribution in [-0.4, -0.2) is 0 Å². The van der Waals surface area contributed by atoms with Gasteiger partial charge < -0.3 is 9.80 Å². The van der Waals surface area contributed by atoms with Crippen LogP contribution < -0.4 is 9.80 Å². The maximum Gasteiger partial charge on any atom is 0.416 e.